The van der Waals surface area contributed by atoms with Gasteiger partial charge in [0, 0.05) is 12.6 Å². The first-order chi connectivity index (χ1) is 15.0. The average Bonchev–Trinajstić information content (AvgIpc) is 2.72. The van der Waals surface area contributed by atoms with Gasteiger partial charge in [0.25, 0.3) is 5.91 Å². The largest absolute Gasteiger partial charge is 0.483 e. The van der Waals surface area contributed by atoms with Gasteiger partial charge in [-0.1, -0.05) is 58.0 Å². The number of nitrogens with one attached hydrogen (secondary N) is 1. The second-order valence-electron chi connectivity index (χ2n) is 9.27. The summed E-state index contributed by atoms with van der Waals surface area (Å²) in [5.41, 5.74) is 1.60. The minimum atomic E-state index is -0.656. The molecule has 32 heavy (non-hydrogen) atoms. The van der Waals surface area contributed by atoms with E-state index in [1.807, 2.05) is 45.0 Å². The van der Waals surface area contributed by atoms with Crippen molar-refractivity contribution in [2.75, 3.05) is 6.61 Å². The Kier molecular flexibility index (Phi) is 8.81. The third-order valence-corrected chi connectivity index (χ3v) is 5.13. The molecule has 0 fully saturated rings. The summed E-state index contributed by atoms with van der Waals surface area (Å²) in [7, 11) is 0. The highest BCUT2D eigenvalue weighted by Gasteiger charge is 2.29. The molecule has 5 nitrogen and oxygen atoms in total. The molecule has 0 spiro atoms. The van der Waals surface area contributed by atoms with Crippen LogP contribution in [0.15, 0.2) is 48.5 Å². The highest BCUT2D eigenvalue weighted by Crippen LogP contribution is 2.31. The molecule has 0 aliphatic rings. The lowest BCUT2D eigenvalue weighted by molar-refractivity contribution is -0.143. The number of amides is 2. The molecule has 0 saturated carbocycles. The van der Waals surface area contributed by atoms with Gasteiger partial charge in [0.1, 0.15) is 17.6 Å². The van der Waals surface area contributed by atoms with Gasteiger partial charge in [-0.3, -0.25) is 9.59 Å². The van der Waals surface area contributed by atoms with E-state index >= 15 is 0 Å². The lowest BCUT2D eigenvalue weighted by Crippen LogP contribution is -2.51. The van der Waals surface area contributed by atoms with E-state index < -0.39 is 6.04 Å². The van der Waals surface area contributed by atoms with Crippen LogP contribution in [-0.2, 0) is 21.5 Å². The molecule has 2 rings (SSSR count). The highest BCUT2D eigenvalue weighted by atomic mass is 19.1. The number of nitrogens with zero attached hydrogens (tertiary/aromatic N) is 1. The third kappa shape index (κ3) is 7.08. The molecule has 0 aromatic heterocycles. The summed E-state index contributed by atoms with van der Waals surface area (Å²) in [4.78, 5) is 27.6. The molecule has 174 valence electrons. The first-order valence-electron chi connectivity index (χ1n) is 11.1. The zero-order valence-electron chi connectivity index (χ0n) is 19.9. The molecule has 0 aliphatic heterocycles. The summed E-state index contributed by atoms with van der Waals surface area (Å²) < 4.78 is 19.3. The van der Waals surface area contributed by atoms with E-state index in [1.54, 1.807) is 12.1 Å². The molecular formula is C26H35FN2O3. The summed E-state index contributed by atoms with van der Waals surface area (Å²) in [6, 6.07) is 12.9. The molecular weight excluding hydrogens is 407 g/mol. The van der Waals surface area contributed by atoms with Gasteiger partial charge in [-0.15, -0.1) is 0 Å². The molecule has 2 aromatic carbocycles. The summed E-state index contributed by atoms with van der Waals surface area (Å²) in [5, 5.41) is 2.89. The van der Waals surface area contributed by atoms with Crippen LogP contribution in [0.4, 0.5) is 4.39 Å². The quantitative estimate of drug-likeness (QED) is 0.605. The maximum absolute atomic E-state index is 13.4. The predicted molar refractivity (Wildman–Crippen MR) is 125 cm³/mol. The number of benzene rings is 2. The highest BCUT2D eigenvalue weighted by molar-refractivity contribution is 5.88. The van der Waals surface area contributed by atoms with Crippen LogP contribution in [0.5, 0.6) is 5.75 Å². The van der Waals surface area contributed by atoms with Crippen molar-refractivity contribution in [1.82, 2.24) is 10.2 Å². The van der Waals surface area contributed by atoms with Gasteiger partial charge in [0.15, 0.2) is 6.61 Å². The first-order valence-corrected chi connectivity index (χ1v) is 11.1. The van der Waals surface area contributed by atoms with Crippen LogP contribution in [0, 0.1) is 5.82 Å². The van der Waals surface area contributed by atoms with E-state index in [4.69, 9.17) is 4.74 Å². The number of hydrogen-bond donors (Lipinski definition) is 1. The fourth-order valence-corrected chi connectivity index (χ4v) is 3.52. The Morgan fingerprint density at radius 3 is 2.25 bits per heavy atom. The lowest BCUT2D eigenvalue weighted by atomic mass is 9.86. The van der Waals surface area contributed by atoms with Crippen LogP contribution in [0.1, 0.15) is 59.1 Å². The van der Waals surface area contributed by atoms with Crippen molar-refractivity contribution < 1.29 is 18.7 Å². The van der Waals surface area contributed by atoms with E-state index in [0.717, 1.165) is 11.1 Å². The molecule has 2 amide bonds. The van der Waals surface area contributed by atoms with Gasteiger partial charge >= 0.3 is 0 Å². The van der Waals surface area contributed by atoms with Crippen LogP contribution >= 0.6 is 0 Å². The van der Waals surface area contributed by atoms with Gasteiger partial charge in [0.05, 0.1) is 0 Å². The van der Waals surface area contributed by atoms with Crippen LogP contribution in [-0.4, -0.2) is 35.4 Å². The maximum Gasteiger partial charge on any atom is 0.261 e. The van der Waals surface area contributed by atoms with Crippen molar-refractivity contribution in [3.8, 4) is 5.75 Å². The summed E-state index contributed by atoms with van der Waals surface area (Å²) in [6.07, 6.45) is 0.448. The first kappa shape index (κ1) is 25.4. The van der Waals surface area contributed by atoms with E-state index in [0.29, 0.717) is 12.2 Å². The second kappa shape index (κ2) is 11.1. The second-order valence-corrected chi connectivity index (χ2v) is 9.27. The molecule has 0 heterocycles. The van der Waals surface area contributed by atoms with Crippen molar-refractivity contribution >= 4 is 11.8 Å². The standard InChI is InChI=1S/C26H35FN2O3/c1-7-22(25(31)28-18(2)3)29(16-19-12-14-20(27)15-13-19)24(30)17-32-23-11-9-8-10-21(23)26(4,5)6/h8-15,18,22H,7,16-17H2,1-6H3,(H,28,31)/t22-/m0/s1. The fourth-order valence-electron chi connectivity index (χ4n) is 3.52. The van der Waals surface area contributed by atoms with E-state index in [2.05, 4.69) is 26.1 Å². The Labute approximate surface area is 191 Å². The molecule has 1 atom stereocenters. The van der Waals surface area contributed by atoms with Gasteiger partial charge in [-0.05, 0) is 55.0 Å². The Morgan fingerprint density at radius 2 is 1.69 bits per heavy atom. The third-order valence-electron chi connectivity index (χ3n) is 5.13. The smallest absolute Gasteiger partial charge is 0.261 e. The number of carbonyl (C=O) groups is 2. The number of ether oxygens (including phenoxy) is 1. The monoisotopic (exact) mass is 442 g/mol. The number of halogens is 1. The van der Waals surface area contributed by atoms with E-state index in [9.17, 15) is 14.0 Å². The lowest BCUT2D eigenvalue weighted by Gasteiger charge is -2.31. The molecule has 0 aliphatic carbocycles. The van der Waals surface area contributed by atoms with Crippen molar-refractivity contribution in [2.24, 2.45) is 0 Å². The Bertz CT molecular complexity index is 904. The average molecular weight is 443 g/mol. The van der Waals surface area contributed by atoms with Gasteiger partial charge in [0.2, 0.25) is 5.91 Å². The van der Waals surface area contributed by atoms with Crippen LogP contribution < -0.4 is 10.1 Å². The van der Waals surface area contributed by atoms with E-state index in [-0.39, 0.29) is 42.2 Å². The zero-order chi connectivity index (χ0) is 23.9. The molecule has 2 aromatic rings. The molecule has 0 bridgehead atoms. The number of rotatable bonds is 9. The number of hydrogen-bond acceptors (Lipinski definition) is 3. The molecule has 6 heteroatoms. The van der Waals surface area contributed by atoms with E-state index in [1.165, 1.54) is 17.0 Å². The molecule has 0 radical (unpaired) electrons. The molecule has 0 saturated heterocycles. The van der Waals surface area contributed by atoms with Crippen molar-refractivity contribution in [3.05, 3.63) is 65.5 Å². The minimum absolute atomic E-state index is 0.0470. The fraction of sp³-hybridized carbons (Fsp3) is 0.462. The Morgan fingerprint density at radius 1 is 1.06 bits per heavy atom. The van der Waals surface area contributed by atoms with Crippen molar-refractivity contribution in [1.29, 1.82) is 0 Å². The van der Waals surface area contributed by atoms with Gasteiger partial charge < -0.3 is 15.0 Å². The van der Waals surface area contributed by atoms with Crippen molar-refractivity contribution in [2.45, 2.75) is 72.0 Å². The molecule has 1 N–H and O–H groups in total. The Hall–Kier alpha value is -2.89. The SMILES string of the molecule is CC[C@@H](C(=O)NC(C)C)N(Cc1ccc(F)cc1)C(=O)COc1ccccc1C(C)(C)C. The maximum atomic E-state index is 13.4. The topological polar surface area (TPSA) is 58.6 Å². The molecule has 0 unspecified atom stereocenters. The van der Waals surface area contributed by atoms with Crippen LogP contribution in [0.2, 0.25) is 0 Å². The van der Waals surface area contributed by atoms with Crippen LogP contribution in [0.25, 0.3) is 0 Å². The van der Waals surface area contributed by atoms with Crippen LogP contribution in [0.3, 0.4) is 0 Å². The summed E-state index contributed by atoms with van der Waals surface area (Å²) >= 11 is 0. The summed E-state index contributed by atoms with van der Waals surface area (Å²) in [6.45, 7) is 11.9. The minimum Gasteiger partial charge on any atom is -0.483 e. The normalized spacial score (nSPS) is 12.4. The van der Waals surface area contributed by atoms with Gasteiger partial charge in [-0.2, -0.15) is 0 Å². The predicted octanol–water partition coefficient (Wildman–Crippen LogP) is 4.83. The van der Waals surface area contributed by atoms with Gasteiger partial charge in [-0.25, -0.2) is 4.39 Å². The number of carbonyl (C=O) groups excluding carboxylic acids is 2. The summed E-state index contributed by atoms with van der Waals surface area (Å²) in [5.74, 6) is -0.218. The zero-order valence-corrected chi connectivity index (χ0v) is 19.9. The number of para-hydroxylation sites is 1. The van der Waals surface area contributed by atoms with Crippen molar-refractivity contribution in [3.63, 3.8) is 0 Å². The Balaban J connectivity index is 2.27.